The fourth-order valence-electron chi connectivity index (χ4n) is 2.94. The predicted octanol–water partition coefficient (Wildman–Crippen LogP) is 5.54. The van der Waals surface area contributed by atoms with Crippen molar-refractivity contribution >= 4 is 22.5 Å². The highest BCUT2D eigenvalue weighted by molar-refractivity contribution is 6.30. The van der Waals surface area contributed by atoms with Crippen molar-refractivity contribution in [2.24, 2.45) is 0 Å². The predicted molar refractivity (Wildman–Crippen MR) is 99.2 cm³/mol. The summed E-state index contributed by atoms with van der Waals surface area (Å²) in [7, 11) is 0. The standard InChI is InChI=1S/C21H15ClN2/c22-18-7-3-5-16(14-18)20-13-15(12-19-8-1-2-9-23-19)11-17-6-4-10-24-21(17)20/h1-11,13-14H,12H2. The molecule has 116 valence electrons. The number of hydrogen-bond acceptors (Lipinski definition) is 2. The highest BCUT2D eigenvalue weighted by Crippen LogP contribution is 2.30. The summed E-state index contributed by atoms with van der Waals surface area (Å²) in [5, 5.41) is 1.85. The molecule has 0 N–H and O–H groups in total. The van der Waals surface area contributed by atoms with Gasteiger partial charge in [0.2, 0.25) is 0 Å². The van der Waals surface area contributed by atoms with Crippen LogP contribution >= 0.6 is 11.6 Å². The van der Waals surface area contributed by atoms with Crippen LogP contribution in [0.5, 0.6) is 0 Å². The fraction of sp³-hybridized carbons (Fsp3) is 0.0476. The molecule has 0 unspecified atom stereocenters. The maximum atomic E-state index is 6.19. The second kappa shape index (κ2) is 6.42. The van der Waals surface area contributed by atoms with E-state index in [1.54, 1.807) is 0 Å². The summed E-state index contributed by atoms with van der Waals surface area (Å²) in [6.07, 6.45) is 4.45. The molecule has 0 aliphatic rings. The first-order chi connectivity index (χ1) is 11.8. The van der Waals surface area contributed by atoms with Gasteiger partial charge < -0.3 is 0 Å². The molecule has 0 saturated heterocycles. The van der Waals surface area contributed by atoms with E-state index in [1.165, 1.54) is 5.56 Å². The summed E-state index contributed by atoms with van der Waals surface area (Å²) in [4.78, 5) is 9.01. The molecule has 0 spiro atoms. The molecule has 0 radical (unpaired) electrons. The van der Waals surface area contributed by atoms with Crippen molar-refractivity contribution in [3.05, 3.63) is 95.4 Å². The van der Waals surface area contributed by atoms with Crippen LogP contribution in [-0.4, -0.2) is 9.97 Å². The highest BCUT2D eigenvalue weighted by atomic mass is 35.5. The van der Waals surface area contributed by atoms with Gasteiger partial charge in [-0.2, -0.15) is 0 Å². The first kappa shape index (κ1) is 14.9. The van der Waals surface area contributed by atoms with Gasteiger partial charge in [0, 0.05) is 40.5 Å². The van der Waals surface area contributed by atoms with E-state index >= 15 is 0 Å². The van der Waals surface area contributed by atoms with Gasteiger partial charge in [0.05, 0.1) is 5.52 Å². The third-order valence-corrected chi connectivity index (χ3v) is 4.25. The minimum Gasteiger partial charge on any atom is -0.261 e. The van der Waals surface area contributed by atoms with Crippen molar-refractivity contribution in [2.45, 2.75) is 6.42 Å². The van der Waals surface area contributed by atoms with E-state index in [2.05, 4.69) is 34.2 Å². The number of halogens is 1. The quantitative estimate of drug-likeness (QED) is 0.493. The molecule has 0 aliphatic heterocycles. The Labute approximate surface area is 145 Å². The second-order valence-corrected chi connectivity index (χ2v) is 6.16. The van der Waals surface area contributed by atoms with Crippen LogP contribution in [-0.2, 0) is 6.42 Å². The maximum absolute atomic E-state index is 6.19. The van der Waals surface area contributed by atoms with Crippen molar-refractivity contribution in [2.75, 3.05) is 0 Å². The van der Waals surface area contributed by atoms with Crippen LogP contribution < -0.4 is 0 Å². The van der Waals surface area contributed by atoms with E-state index in [4.69, 9.17) is 11.6 Å². The smallest absolute Gasteiger partial charge is 0.0780 e. The van der Waals surface area contributed by atoms with Crippen molar-refractivity contribution in [3.8, 4) is 11.1 Å². The number of nitrogens with zero attached hydrogens (tertiary/aromatic N) is 2. The Morgan fingerprint density at radius 3 is 2.54 bits per heavy atom. The summed E-state index contributed by atoms with van der Waals surface area (Å²) in [5.74, 6) is 0. The number of rotatable bonds is 3. The summed E-state index contributed by atoms with van der Waals surface area (Å²) in [6.45, 7) is 0. The van der Waals surface area contributed by atoms with E-state index in [1.807, 2.05) is 54.9 Å². The normalized spacial score (nSPS) is 10.9. The number of hydrogen-bond donors (Lipinski definition) is 0. The lowest BCUT2D eigenvalue weighted by Crippen LogP contribution is -1.94. The van der Waals surface area contributed by atoms with Gasteiger partial charge in [0.1, 0.15) is 0 Å². The van der Waals surface area contributed by atoms with Gasteiger partial charge in [-0.15, -0.1) is 0 Å². The molecule has 2 aromatic heterocycles. The van der Waals surface area contributed by atoms with Gasteiger partial charge in [0.15, 0.2) is 0 Å². The first-order valence-corrected chi connectivity index (χ1v) is 8.21. The summed E-state index contributed by atoms with van der Waals surface area (Å²) >= 11 is 6.19. The lowest BCUT2D eigenvalue weighted by atomic mass is 9.97. The molecule has 4 rings (SSSR count). The van der Waals surface area contributed by atoms with Gasteiger partial charge in [-0.25, -0.2) is 0 Å². The van der Waals surface area contributed by atoms with E-state index < -0.39 is 0 Å². The summed E-state index contributed by atoms with van der Waals surface area (Å²) < 4.78 is 0. The van der Waals surface area contributed by atoms with E-state index in [0.717, 1.165) is 39.2 Å². The lowest BCUT2D eigenvalue weighted by molar-refractivity contribution is 1.08. The molecule has 2 heterocycles. The Morgan fingerprint density at radius 2 is 1.71 bits per heavy atom. The van der Waals surface area contributed by atoms with Crippen LogP contribution in [0.2, 0.25) is 5.02 Å². The lowest BCUT2D eigenvalue weighted by Gasteiger charge is -2.10. The number of benzene rings is 2. The number of fused-ring (bicyclic) bond motifs is 1. The Bertz CT molecular complexity index is 997. The van der Waals surface area contributed by atoms with Crippen molar-refractivity contribution in [1.29, 1.82) is 0 Å². The molecule has 0 saturated carbocycles. The largest absolute Gasteiger partial charge is 0.261 e. The summed E-state index contributed by atoms with van der Waals surface area (Å²) in [5.41, 5.74) is 5.43. The molecular formula is C21H15ClN2. The zero-order chi connectivity index (χ0) is 16.4. The zero-order valence-electron chi connectivity index (χ0n) is 13.0. The molecule has 0 atom stereocenters. The molecule has 2 aromatic carbocycles. The molecule has 0 aliphatic carbocycles. The zero-order valence-corrected chi connectivity index (χ0v) is 13.7. The van der Waals surface area contributed by atoms with E-state index in [0.29, 0.717) is 0 Å². The second-order valence-electron chi connectivity index (χ2n) is 5.73. The third-order valence-electron chi connectivity index (χ3n) is 4.01. The van der Waals surface area contributed by atoms with Crippen molar-refractivity contribution < 1.29 is 0 Å². The summed E-state index contributed by atoms with van der Waals surface area (Å²) in [6, 6.07) is 22.3. The molecule has 2 nitrogen and oxygen atoms in total. The third kappa shape index (κ3) is 3.01. The number of aromatic nitrogens is 2. The monoisotopic (exact) mass is 330 g/mol. The van der Waals surface area contributed by atoms with Crippen LogP contribution in [0.25, 0.3) is 22.0 Å². The molecule has 0 amide bonds. The first-order valence-electron chi connectivity index (χ1n) is 7.83. The van der Waals surface area contributed by atoms with Crippen LogP contribution in [0.3, 0.4) is 0 Å². The molecule has 24 heavy (non-hydrogen) atoms. The van der Waals surface area contributed by atoms with Gasteiger partial charge >= 0.3 is 0 Å². The average molecular weight is 331 g/mol. The topological polar surface area (TPSA) is 25.8 Å². The minimum atomic E-state index is 0.728. The Hall–Kier alpha value is -2.71. The Balaban J connectivity index is 1.88. The Morgan fingerprint density at radius 1 is 0.792 bits per heavy atom. The van der Waals surface area contributed by atoms with Crippen molar-refractivity contribution in [1.82, 2.24) is 9.97 Å². The SMILES string of the molecule is Clc1cccc(-c2cc(Cc3ccccn3)cc3cccnc23)c1. The molecule has 0 fully saturated rings. The van der Waals surface area contributed by atoms with Crippen LogP contribution in [0, 0.1) is 0 Å². The Kier molecular flexibility index (Phi) is 3.97. The van der Waals surface area contributed by atoms with Crippen LogP contribution in [0.1, 0.15) is 11.3 Å². The van der Waals surface area contributed by atoms with Crippen LogP contribution in [0.4, 0.5) is 0 Å². The molecule has 3 heteroatoms. The van der Waals surface area contributed by atoms with E-state index in [9.17, 15) is 0 Å². The van der Waals surface area contributed by atoms with Gasteiger partial charge in [-0.3, -0.25) is 9.97 Å². The van der Waals surface area contributed by atoms with Gasteiger partial charge in [-0.05, 0) is 53.6 Å². The number of pyridine rings is 2. The highest BCUT2D eigenvalue weighted by Gasteiger charge is 2.09. The maximum Gasteiger partial charge on any atom is 0.0780 e. The molecule has 4 aromatic rings. The average Bonchev–Trinajstić information content (AvgIpc) is 2.62. The van der Waals surface area contributed by atoms with E-state index in [-0.39, 0.29) is 0 Å². The fourth-order valence-corrected chi connectivity index (χ4v) is 3.13. The van der Waals surface area contributed by atoms with Gasteiger partial charge in [-0.1, -0.05) is 35.9 Å². The molecular weight excluding hydrogens is 316 g/mol. The van der Waals surface area contributed by atoms with Crippen LogP contribution in [0.15, 0.2) is 79.1 Å². The van der Waals surface area contributed by atoms with Crippen molar-refractivity contribution in [3.63, 3.8) is 0 Å². The van der Waals surface area contributed by atoms with Gasteiger partial charge in [0.25, 0.3) is 0 Å². The molecule has 0 bridgehead atoms. The minimum absolute atomic E-state index is 0.728.